The average molecular weight is 338 g/mol. The Hall–Kier alpha value is -1.53. The van der Waals surface area contributed by atoms with Crippen LogP contribution in [-0.2, 0) is 16.1 Å². The van der Waals surface area contributed by atoms with E-state index in [1.165, 1.54) is 6.07 Å². The van der Waals surface area contributed by atoms with Gasteiger partial charge in [-0.3, -0.25) is 9.69 Å². The van der Waals surface area contributed by atoms with E-state index >= 15 is 0 Å². The molecule has 4 nitrogen and oxygen atoms in total. The van der Waals surface area contributed by atoms with Gasteiger partial charge in [0.15, 0.2) is 11.6 Å². The highest BCUT2D eigenvalue weighted by Crippen LogP contribution is 2.40. The molecule has 1 atom stereocenters. The normalized spacial score (nSPS) is 25.0. The van der Waals surface area contributed by atoms with Crippen molar-refractivity contribution in [1.29, 1.82) is 0 Å². The summed E-state index contributed by atoms with van der Waals surface area (Å²) in [5, 5.41) is 0. The Morgan fingerprint density at radius 2 is 2.08 bits per heavy atom. The van der Waals surface area contributed by atoms with Crippen LogP contribution >= 0.6 is 0 Å². The molecular weight excluding hydrogens is 314 g/mol. The van der Waals surface area contributed by atoms with Crippen molar-refractivity contribution in [1.82, 2.24) is 9.80 Å². The van der Waals surface area contributed by atoms with E-state index in [-0.39, 0.29) is 23.4 Å². The minimum atomic E-state index is -0.863. The predicted molar refractivity (Wildman–Crippen MR) is 86.4 cm³/mol. The number of ether oxygens (including phenoxy) is 1. The number of hydrogen-bond donors (Lipinski definition) is 0. The van der Waals surface area contributed by atoms with Crippen molar-refractivity contribution in [3.05, 3.63) is 35.4 Å². The number of halogens is 2. The number of rotatable bonds is 5. The predicted octanol–water partition coefficient (Wildman–Crippen LogP) is 2.43. The molecule has 1 spiro atoms. The van der Waals surface area contributed by atoms with Crippen LogP contribution in [0, 0.1) is 17.0 Å². The molecule has 6 heteroatoms. The molecular formula is C18H24F2N2O2. The van der Waals surface area contributed by atoms with Gasteiger partial charge in [0.25, 0.3) is 0 Å². The van der Waals surface area contributed by atoms with Crippen LogP contribution in [0.2, 0.25) is 0 Å². The number of methoxy groups -OCH3 is 1. The maximum absolute atomic E-state index is 13.9. The van der Waals surface area contributed by atoms with E-state index in [0.29, 0.717) is 13.2 Å². The van der Waals surface area contributed by atoms with Crippen LogP contribution in [0.15, 0.2) is 18.2 Å². The van der Waals surface area contributed by atoms with Gasteiger partial charge < -0.3 is 9.64 Å². The standard InChI is InChI=1S/C18H24F2N2O2/c1-24-11-10-21-9-7-18(13-21)6-3-8-22(17(18)23)12-14-4-2-5-15(19)16(14)20/h2,4-5H,3,6-13H2,1H3/t18-/m0/s1. The summed E-state index contributed by atoms with van der Waals surface area (Å²) in [4.78, 5) is 17.0. The first-order chi connectivity index (χ1) is 11.6. The molecule has 0 aromatic heterocycles. The van der Waals surface area contributed by atoms with Crippen molar-refractivity contribution in [2.45, 2.75) is 25.8 Å². The van der Waals surface area contributed by atoms with Gasteiger partial charge in [0.2, 0.25) is 5.91 Å². The van der Waals surface area contributed by atoms with Crippen LogP contribution in [0.5, 0.6) is 0 Å². The third-order valence-electron chi connectivity index (χ3n) is 5.26. The Kier molecular flexibility index (Phi) is 5.15. The fraction of sp³-hybridized carbons (Fsp3) is 0.611. The Morgan fingerprint density at radius 3 is 2.88 bits per heavy atom. The molecule has 0 unspecified atom stereocenters. The second-order valence-corrected chi connectivity index (χ2v) is 6.84. The van der Waals surface area contributed by atoms with Gasteiger partial charge in [-0.15, -0.1) is 0 Å². The zero-order chi connectivity index (χ0) is 17.2. The van der Waals surface area contributed by atoms with Gasteiger partial charge in [-0.05, 0) is 31.9 Å². The van der Waals surface area contributed by atoms with Crippen LogP contribution in [-0.4, -0.2) is 55.6 Å². The Bertz CT molecular complexity index is 611. The first-order valence-electron chi connectivity index (χ1n) is 8.49. The van der Waals surface area contributed by atoms with Crippen LogP contribution in [0.4, 0.5) is 8.78 Å². The van der Waals surface area contributed by atoms with Crippen LogP contribution in [0.3, 0.4) is 0 Å². The summed E-state index contributed by atoms with van der Waals surface area (Å²) in [6, 6.07) is 4.13. The summed E-state index contributed by atoms with van der Waals surface area (Å²) >= 11 is 0. The minimum Gasteiger partial charge on any atom is -0.383 e. The Morgan fingerprint density at radius 1 is 1.25 bits per heavy atom. The van der Waals surface area contributed by atoms with E-state index in [1.807, 2.05) is 0 Å². The van der Waals surface area contributed by atoms with E-state index in [1.54, 1.807) is 18.1 Å². The molecule has 3 rings (SSSR count). The second kappa shape index (κ2) is 7.15. The quantitative estimate of drug-likeness (QED) is 0.827. The fourth-order valence-electron chi connectivity index (χ4n) is 3.93. The summed E-state index contributed by atoms with van der Waals surface area (Å²) in [7, 11) is 1.67. The van der Waals surface area contributed by atoms with E-state index < -0.39 is 11.6 Å². The lowest BCUT2D eigenvalue weighted by molar-refractivity contribution is -0.146. The molecule has 1 aromatic rings. The van der Waals surface area contributed by atoms with E-state index in [2.05, 4.69) is 4.90 Å². The lowest BCUT2D eigenvalue weighted by atomic mass is 9.78. The minimum absolute atomic E-state index is 0.0809. The van der Waals surface area contributed by atoms with E-state index in [0.717, 1.165) is 45.0 Å². The molecule has 0 aliphatic carbocycles. The molecule has 24 heavy (non-hydrogen) atoms. The van der Waals surface area contributed by atoms with Gasteiger partial charge in [0.05, 0.1) is 12.0 Å². The first-order valence-corrected chi connectivity index (χ1v) is 8.49. The highest BCUT2D eigenvalue weighted by atomic mass is 19.2. The lowest BCUT2D eigenvalue weighted by Gasteiger charge is -2.39. The average Bonchev–Trinajstić information content (AvgIpc) is 2.98. The van der Waals surface area contributed by atoms with Gasteiger partial charge in [0.1, 0.15) is 0 Å². The third-order valence-corrected chi connectivity index (χ3v) is 5.26. The third kappa shape index (κ3) is 3.30. The number of carbonyl (C=O) groups is 1. The van der Waals surface area contributed by atoms with Crippen molar-refractivity contribution in [3.63, 3.8) is 0 Å². The van der Waals surface area contributed by atoms with Crippen LogP contribution in [0.25, 0.3) is 0 Å². The lowest BCUT2D eigenvalue weighted by Crippen LogP contribution is -2.49. The van der Waals surface area contributed by atoms with Crippen molar-refractivity contribution in [2.75, 3.05) is 39.9 Å². The van der Waals surface area contributed by atoms with E-state index in [9.17, 15) is 13.6 Å². The number of amides is 1. The summed E-state index contributed by atoms with van der Waals surface area (Å²) < 4.78 is 32.4. The highest BCUT2D eigenvalue weighted by Gasteiger charge is 2.48. The molecule has 0 bridgehead atoms. The zero-order valence-corrected chi connectivity index (χ0v) is 14.1. The fourth-order valence-corrected chi connectivity index (χ4v) is 3.93. The van der Waals surface area contributed by atoms with Gasteiger partial charge in [-0.25, -0.2) is 8.78 Å². The summed E-state index contributed by atoms with van der Waals surface area (Å²) in [5.74, 6) is -1.63. The molecule has 0 N–H and O–H groups in total. The van der Waals surface area contributed by atoms with Crippen molar-refractivity contribution < 1.29 is 18.3 Å². The van der Waals surface area contributed by atoms with E-state index in [4.69, 9.17) is 4.74 Å². The first kappa shape index (κ1) is 17.3. The molecule has 1 amide bonds. The summed E-state index contributed by atoms with van der Waals surface area (Å²) in [6.45, 7) is 3.85. The van der Waals surface area contributed by atoms with Gasteiger partial charge in [-0.1, -0.05) is 12.1 Å². The molecule has 2 fully saturated rings. The zero-order valence-electron chi connectivity index (χ0n) is 14.1. The second-order valence-electron chi connectivity index (χ2n) is 6.84. The molecule has 2 aliphatic rings. The number of piperidine rings is 1. The molecule has 0 saturated carbocycles. The molecule has 2 heterocycles. The number of hydrogen-bond acceptors (Lipinski definition) is 3. The molecule has 2 aliphatic heterocycles. The Labute approximate surface area is 141 Å². The maximum atomic E-state index is 13.9. The highest BCUT2D eigenvalue weighted by molar-refractivity contribution is 5.84. The Balaban J connectivity index is 1.70. The molecule has 132 valence electrons. The van der Waals surface area contributed by atoms with Crippen molar-refractivity contribution >= 4 is 5.91 Å². The van der Waals surface area contributed by atoms with Gasteiger partial charge in [-0.2, -0.15) is 0 Å². The van der Waals surface area contributed by atoms with Crippen molar-refractivity contribution in [2.24, 2.45) is 5.41 Å². The number of nitrogens with zero attached hydrogens (tertiary/aromatic N) is 2. The number of carbonyl (C=O) groups excluding carboxylic acids is 1. The molecule has 1 aromatic carbocycles. The topological polar surface area (TPSA) is 32.8 Å². The summed E-state index contributed by atoms with van der Waals surface area (Å²) in [6.07, 6.45) is 2.61. The molecule has 2 saturated heterocycles. The number of benzene rings is 1. The largest absolute Gasteiger partial charge is 0.383 e. The summed E-state index contributed by atoms with van der Waals surface area (Å²) in [5.41, 5.74) is -0.120. The van der Waals surface area contributed by atoms with Crippen molar-refractivity contribution in [3.8, 4) is 0 Å². The van der Waals surface area contributed by atoms with Gasteiger partial charge in [0, 0.05) is 38.9 Å². The molecule has 0 radical (unpaired) electrons. The monoisotopic (exact) mass is 338 g/mol. The van der Waals surface area contributed by atoms with Crippen LogP contribution in [0.1, 0.15) is 24.8 Å². The maximum Gasteiger partial charge on any atom is 0.230 e. The smallest absolute Gasteiger partial charge is 0.230 e. The number of likely N-dealkylation sites (tertiary alicyclic amines) is 2. The van der Waals surface area contributed by atoms with Gasteiger partial charge >= 0.3 is 0 Å². The SMILES string of the molecule is COCCN1CC[C@@]2(CCCN(Cc3cccc(F)c3F)C2=O)C1. The van der Waals surface area contributed by atoms with Crippen LogP contribution < -0.4 is 0 Å².